The van der Waals surface area contributed by atoms with Gasteiger partial charge in [-0.3, -0.25) is 4.79 Å². The first-order chi connectivity index (χ1) is 11.3. The quantitative estimate of drug-likeness (QED) is 0.772. The summed E-state index contributed by atoms with van der Waals surface area (Å²) in [6.07, 6.45) is 1.45. The summed E-state index contributed by atoms with van der Waals surface area (Å²) < 4.78 is 26.3. The smallest absolute Gasteiger partial charge is 0.255 e. The van der Waals surface area contributed by atoms with E-state index in [1.807, 2.05) is 6.92 Å². The van der Waals surface area contributed by atoms with Crippen LogP contribution in [0, 0.1) is 6.92 Å². The summed E-state index contributed by atoms with van der Waals surface area (Å²) in [4.78, 5) is 12.3. The SMILES string of the molecule is C=CCNS(=O)(=O)c1ccc(C(=O)Nc2ccc(C)c(Cl)c2)cc1. The van der Waals surface area contributed by atoms with Gasteiger partial charge in [0.2, 0.25) is 10.0 Å². The topological polar surface area (TPSA) is 75.3 Å². The molecular formula is C17H17ClN2O3S. The molecule has 2 aromatic carbocycles. The standard InChI is InChI=1S/C17H17ClN2O3S/c1-3-10-19-24(22,23)15-8-5-13(6-9-15)17(21)20-14-7-4-12(2)16(18)11-14/h3-9,11,19H,1,10H2,2H3,(H,20,21). The summed E-state index contributed by atoms with van der Waals surface area (Å²) >= 11 is 6.02. The van der Waals surface area contributed by atoms with Gasteiger partial charge in [-0.05, 0) is 48.9 Å². The van der Waals surface area contributed by atoms with Crippen molar-refractivity contribution < 1.29 is 13.2 Å². The summed E-state index contributed by atoms with van der Waals surface area (Å²) in [5.74, 6) is -0.349. The molecule has 5 nitrogen and oxygen atoms in total. The number of hydrogen-bond acceptors (Lipinski definition) is 3. The third kappa shape index (κ3) is 4.44. The van der Waals surface area contributed by atoms with Crippen LogP contribution in [0.2, 0.25) is 5.02 Å². The maximum Gasteiger partial charge on any atom is 0.255 e. The van der Waals surface area contributed by atoms with Crippen molar-refractivity contribution in [2.24, 2.45) is 0 Å². The Labute approximate surface area is 146 Å². The van der Waals surface area contributed by atoms with Crippen LogP contribution in [0.4, 0.5) is 5.69 Å². The van der Waals surface area contributed by atoms with Crippen LogP contribution in [0.5, 0.6) is 0 Å². The van der Waals surface area contributed by atoms with Gasteiger partial charge in [-0.25, -0.2) is 13.1 Å². The average Bonchev–Trinajstić information content (AvgIpc) is 2.56. The van der Waals surface area contributed by atoms with E-state index in [-0.39, 0.29) is 17.3 Å². The number of nitrogens with one attached hydrogen (secondary N) is 2. The molecule has 0 bridgehead atoms. The predicted molar refractivity (Wildman–Crippen MR) is 96.0 cm³/mol. The van der Waals surface area contributed by atoms with Crippen molar-refractivity contribution in [1.29, 1.82) is 0 Å². The molecule has 24 heavy (non-hydrogen) atoms. The maximum absolute atomic E-state index is 12.2. The molecule has 0 radical (unpaired) electrons. The molecule has 0 atom stereocenters. The number of benzene rings is 2. The molecule has 0 saturated heterocycles. The Balaban J connectivity index is 2.13. The molecule has 7 heteroatoms. The second-order valence-electron chi connectivity index (χ2n) is 5.08. The molecule has 2 N–H and O–H groups in total. The first-order valence-electron chi connectivity index (χ1n) is 7.11. The van der Waals surface area contributed by atoms with E-state index in [0.29, 0.717) is 16.3 Å². The Morgan fingerprint density at radius 1 is 1.21 bits per heavy atom. The van der Waals surface area contributed by atoms with Gasteiger partial charge in [-0.1, -0.05) is 23.7 Å². The highest BCUT2D eigenvalue weighted by atomic mass is 35.5. The monoisotopic (exact) mass is 364 g/mol. The Morgan fingerprint density at radius 3 is 2.46 bits per heavy atom. The van der Waals surface area contributed by atoms with Crippen LogP contribution in [-0.4, -0.2) is 20.9 Å². The van der Waals surface area contributed by atoms with Crippen molar-refractivity contribution in [3.63, 3.8) is 0 Å². The number of hydrogen-bond donors (Lipinski definition) is 2. The van der Waals surface area contributed by atoms with E-state index in [0.717, 1.165) is 5.56 Å². The number of carbonyl (C=O) groups excluding carboxylic acids is 1. The number of sulfonamides is 1. The van der Waals surface area contributed by atoms with Gasteiger partial charge >= 0.3 is 0 Å². The van der Waals surface area contributed by atoms with E-state index in [1.54, 1.807) is 18.2 Å². The first-order valence-corrected chi connectivity index (χ1v) is 8.98. The third-order valence-electron chi connectivity index (χ3n) is 3.27. The summed E-state index contributed by atoms with van der Waals surface area (Å²) in [6.45, 7) is 5.46. The fourth-order valence-corrected chi connectivity index (χ4v) is 3.09. The molecule has 2 rings (SSSR count). The highest BCUT2D eigenvalue weighted by Gasteiger charge is 2.14. The highest BCUT2D eigenvalue weighted by Crippen LogP contribution is 2.20. The molecule has 0 aliphatic rings. The van der Waals surface area contributed by atoms with Crippen LogP contribution < -0.4 is 10.0 Å². The van der Waals surface area contributed by atoms with Gasteiger partial charge < -0.3 is 5.32 Å². The van der Waals surface area contributed by atoms with Crippen molar-refractivity contribution in [2.75, 3.05) is 11.9 Å². The van der Waals surface area contributed by atoms with Crippen LogP contribution in [-0.2, 0) is 10.0 Å². The summed E-state index contributed by atoms with van der Waals surface area (Å²) in [5.41, 5.74) is 1.82. The van der Waals surface area contributed by atoms with Crippen LogP contribution in [0.15, 0.2) is 60.0 Å². The van der Waals surface area contributed by atoms with Gasteiger partial charge in [0.25, 0.3) is 5.91 Å². The molecule has 0 saturated carbocycles. The summed E-state index contributed by atoms with van der Waals surface area (Å²) in [6, 6.07) is 10.9. The van der Waals surface area contributed by atoms with Gasteiger partial charge in [0.05, 0.1) is 4.90 Å². The Bertz CT molecular complexity index is 862. The minimum absolute atomic E-state index is 0.0827. The van der Waals surface area contributed by atoms with Gasteiger partial charge in [0.15, 0.2) is 0 Å². The zero-order valence-electron chi connectivity index (χ0n) is 13.0. The second-order valence-corrected chi connectivity index (χ2v) is 7.26. The van der Waals surface area contributed by atoms with Crippen LogP contribution in [0.1, 0.15) is 15.9 Å². The minimum Gasteiger partial charge on any atom is -0.322 e. The summed E-state index contributed by atoms with van der Waals surface area (Å²) in [5, 5.41) is 3.27. The Kier molecular flexibility index (Phi) is 5.77. The first kappa shape index (κ1) is 18.2. The van der Waals surface area contributed by atoms with E-state index in [4.69, 9.17) is 11.6 Å². The normalized spacial score (nSPS) is 11.1. The van der Waals surface area contributed by atoms with E-state index >= 15 is 0 Å². The fraction of sp³-hybridized carbons (Fsp3) is 0.118. The number of aryl methyl sites for hydroxylation is 1. The van der Waals surface area contributed by atoms with Crippen molar-refractivity contribution in [3.05, 3.63) is 71.3 Å². The lowest BCUT2D eigenvalue weighted by Gasteiger charge is -2.08. The molecular weight excluding hydrogens is 348 g/mol. The van der Waals surface area contributed by atoms with E-state index < -0.39 is 10.0 Å². The molecule has 0 fully saturated rings. The fourth-order valence-electron chi connectivity index (χ4n) is 1.91. The number of halogens is 1. The van der Waals surface area contributed by atoms with Crippen molar-refractivity contribution >= 4 is 33.2 Å². The molecule has 0 aliphatic heterocycles. The molecule has 126 valence electrons. The van der Waals surface area contributed by atoms with Crippen LogP contribution >= 0.6 is 11.6 Å². The van der Waals surface area contributed by atoms with E-state index in [1.165, 1.54) is 30.3 Å². The lowest BCUT2D eigenvalue weighted by atomic mass is 10.2. The Morgan fingerprint density at radius 2 is 1.88 bits per heavy atom. The highest BCUT2D eigenvalue weighted by molar-refractivity contribution is 7.89. The third-order valence-corrected chi connectivity index (χ3v) is 5.12. The number of carbonyl (C=O) groups is 1. The lowest BCUT2D eigenvalue weighted by molar-refractivity contribution is 0.102. The van der Waals surface area contributed by atoms with Crippen molar-refractivity contribution in [3.8, 4) is 0 Å². The van der Waals surface area contributed by atoms with Crippen molar-refractivity contribution in [2.45, 2.75) is 11.8 Å². The lowest BCUT2D eigenvalue weighted by Crippen LogP contribution is -2.23. The van der Waals surface area contributed by atoms with Gasteiger partial charge in [-0.2, -0.15) is 0 Å². The second kappa shape index (κ2) is 7.61. The van der Waals surface area contributed by atoms with E-state index in [2.05, 4.69) is 16.6 Å². The zero-order valence-corrected chi connectivity index (χ0v) is 14.6. The summed E-state index contributed by atoms with van der Waals surface area (Å²) in [7, 11) is -3.60. The average molecular weight is 365 g/mol. The Hall–Kier alpha value is -2.15. The van der Waals surface area contributed by atoms with Crippen LogP contribution in [0.3, 0.4) is 0 Å². The molecule has 0 aliphatic carbocycles. The predicted octanol–water partition coefficient (Wildman–Crippen LogP) is 3.37. The molecule has 0 unspecified atom stereocenters. The molecule has 0 spiro atoms. The van der Waals surface area contributed by atoms with Gasteiger partial charge in [0, 0.05) is 22.8 Å². The molecule has 0 heterocycles. The molecule has 0 aromatic heterocycles. The van der Waals surface area contributed by atoms with Crippen molar-refractivity contribution in [1.82, 2.24) is 4.72 Å². The van der Waals surface area contributed by atoms with E-state index in [9.17, 15) is 13.2 Å². The largest absolute Gasteiger partial charge is 0.322 e. The number of rotatable bonds is 6. The molecule has 1 amide bonds. The molecule has 2 aromatic rings. The zero-order chi connectivity index (χ0) is 17.7. The van der Waals surface area contributed by atoms with Gasteiger partial charge in [0.1, 0.15) is 0 Å². The minimum atomic E-state index is -3.60. The number of amides is 1. The number of anilines is 1. The maximum atomic E-state index is 12.2. The van der Waals surface area contributed by atoms with Gasteiger partial charge in [-0.15, -0.1) is 6.58 Å². The van der Waals surface area contributed by atoms with Crippen LogP contribution in [0.25, 0.3) is 0 Å².